The standard InChI is InChI=1S/C18H27ClN2O5S/c1-6-12(4)16(18(23)26-5)20-17(22)14-11-13(9-10-15(14)19)27(24,25)21(7-2)8-3/h9-12,16H,6-8H2,1-5H3,(H,20,22)/t12-,16+/m0/s1. The van der Waals surface area contributed by atoms with Crippen LogP contribution in [0.3, 0.4) is 0 Å². The number of hydrogen-bond donors (Lipinski definition) is 1. The Labute approximate surface area is 166 Å². The molecule has 7 nitrogen and oxygen atoms in total. The summed E-state index contributed by atoms with van der Waals surface area (Å²) in [6.45, 7) is 7.78. The lowest BCUT2D eigenvalue weighted by molar-refractivity contribution is -0.144. The van der Waals surface area contributed by atoms with Crippen molar-refractivity contribution >= 4 is 33.5 Å². The van der Waals surface area contributed by atoms with Crippen molar-refractivity contribution < 1.29 is 22.7 Å². The predicted molar refractivity (Wildman–Crippen MR) is 104 cm³/mol. The molecule has 0 bridgehead atoms. The molecule has 1 N–H and O–H groups in total. The van der Waals surface area contributed by atoms with Crippen LogP contribution in [-0.2, 0) is 19.6 Å². The van der Waals surface area contributed by atoms with E-state index >= 15 is 0 Å². The first-order valence-corrected chi connectivity index (χ1v) is 10.6. The fourth-order valence-corrected chi connectivity index (χ4v) is 4.25. The van der Waals surface area contributed by atoms with Crippen LogP contribution >= 0.6 is 11.6 Å². The molecule has 1 aromatic rings. The number of rotatable bonds is 9. The van der Waals surface area contributed by atoms with Crippen molar-refractivity contribution in [3.8, 4) is 0 Å². The average molecular weight is 419 g/mol. The molecule has 0 spiro atoms. The second-order valence-electron chi connectivity index (χ2n) is 6.09. The number of benzene rings is 1. The lowest BCUT2D eigenvalue weighted by Gasteiger charge is -2.22. The van der Waals surface area contributed by atoms with E-state index in [2.05, 4.69) is 5.32 Å². The summed E-state index contributed by atoms with van der Waals surface area (Å²) in [5.41, 5.74) is -0.0119. The van der Waals surface area contributed by atoms with Crippen LogP contribution in [-0.4, -0.2) is 50.8 Å². The molecule has 0 aliphatic rings. The van der Waals surface area contributed by atoms with Gasteiger partial charge in [-0.25, -0.2) is 13.2 Å². The average Bonchev–Trinajstić information content (AvgIpc) is 2.65. The molecule has 27 heavy (non-hydrogen) atoms. The fourth-order valence-electron chi connectivity index (χ4n) is 2.57. The van der Waals surface area contributed by atoms with Gasteiger partial charge >= 0.3 is 5.97 Å². The van der Waals surface area contributed by atoms with Gasteiger partial charge in [0.05, 0.1) is 22.6 Å². The number of esters is 1. The maximum absolute atomic E-state index is 12.7. The molecule has 1 amide bonds. The Morgan fingerprint density at radius 1 is 1.22 bits per heavy atom. The lowest BCUT2D eigenvalue weighted by atomic mass is 9.99. The molecule has 1 aromatic carbocycles. The summed E-state index contributed by atoms with van der Waals surface area (Å²) in [6.07, 6.45) is 0.643. The van der Waals surface area contributed by atoms with E-state index in [-0.39, 0.29) is 21.4 Å². The molecule has 0 aliphatic carbocycles. The zero-order valence-electron chi connectivity index (χ0n) is 16.3. The minimum absolute atomic E-state index is 0.0119. The number of hydrogen-bond acceptors (Lipinski definition) is 5. The topological polar surface area (TPSA) is 92.8 Å². The first kappa shape index (κ1) is 23.4. The van der Waals surface area contributed by atoms with Crippen molar-refractivity contribution in [2.75, 3.05) is 20.2 Å². The summed E-state index contributed by atoms with van der Waals surface area (Å²) in [6, 6.07) is 3.10. The molecule has 0 fully saturated rings. The van der Waals surface area contributed by atoms with Crippen molar-refractivity contribution in [1.29, 1.82) is 0 Å². The van der Waals surface area contributed by atoms with E-state index < -0.39 is 27.9 Å². The maximum atomic E-state index is 12.7. The van der Waals surface area contributed by atoms with Gasteiger partial charge in [0.25, 0.3) is 5.91 Å². The molecular formula is C18H27ClN2O5S. The van der Waals surface area contributed by atoms with Gasteiger partial charge in [0.2, 0.25) is 10.0 Å². The highest BCUT2D eigenvalue weighted by atomic mass is 35.5. The Morgan fingerprint density at radius 2 is 1.81 bits per heavy atom. The highest BCUT2D eigenvalue weighted by Gasteiger charge is 2.29. The number of sulfonamides is 1. The number of halogens is 1. The molecular weight excluding hydrogens is 392 g/mol. The molecule has 0 unspecified atom stereocenters. The normalized spacial score (nSPS) is 13.9. The summed E-state index contributed by atoms with van der Waals surface area (Å²) in [7, 11) is -2.50. The highest BCUT2D eigenvalue weighted by molar-refractivity contribution is 7.89. The minimum Gasteiger partial charge on any atom is -0.467 e. The van der Waals surface area contributed by atoms with Gasteiger partial charge < -0.3 is 10.1 Å². The molecule has 0 saturated heterocycles. The van der Waals surface area contributed by atoms with Gasteiger partial charge in [-0.1, -0.05) is 45.7 Å². The van der Waals surface area contributed by atoms with Crippen molar-refractivity contribution in [2.45, 2.75) is 45.1 Å². The van der Waals surface area contributed by atoms with Crippen LogP contribution in [0.2, 0.25) is 5.02 Å². The van der Waals surface area contributed by atoms with Gasteiger partial charge in [0.1, 0.15) is 6.04 Å². The predicted octanol–water partition coefficient (Wildman–Crippen LogP) is 2.69. The number of amides is 1. The Kier molecular flexibility index (Phi) is 8.71. The largest absolute Gasteiger partial charge is 0.467 e. The van der Waals surface area contributed by atoms with Crippen molar-refractivity contribution in [1.82, 2.24) is 9.62 Å². The van der Waals surface area contributed by atoms with Gasteiger partial charge in [-0.15, -0.1) is 0 Å². The van der Waals surface area contributed by atoms with Crippen LogP contribution in [0.15, 0.2) is 23.1 Å². The third-order valence-electron chi connectivity index (χ3n) is 4.48. The number of methoxy groups -OCH3 is 1. The third kappa shape index (κ3) is 5.43. The quantitative estimate of drug-likeness (QED) is 0.622. The Bertz CT molecular complexity index is 778. The fraction of sp³-hybridized carbons (Fsp3) is 0.556. The number of carbonyl (C=O) groups excluding carboxylic acids is 2. The van der Waals surface area contributed by atoms with Crippen LogP contribution in [0.25, 0.3) is 0 Å². The minimum atomic E-state index is -3.74. The number of carbonyl (C=O) groups is 2. The number of nitrogens with zero attached hydrogens (tertiary/aromatic N) is 1. The van der Waals surface area contributed by atoms with Crippen LogP contribution in [0.1, 0.15) is 44.5 Å². The lowest BCUT2D eigenvalue weighted by Crippen LogP contribution is -2.45. The van der Waals surface area contributed by atoms with Gasteiger partial charge in [-0.05, 0) is 24.1 Å². The van der Waals surface area contributed by atoms with E-state index in [1.807, 2.05) is 13.8 Å². The van der Waals surface area contributed by atoms with Gasteiger partial charge in [0.15, 0.2) is 0 Å². The summed E-state index contributed by atoms with van der Waals surface area (Å²) in [4.78, 5) is 24.6. The maximum Gasteiger partial charge on any atom is 0.328 e. The van der Waals surface area contributed by atoms with Gasteiger partial charge in [0, 0.05) is 13.1 Å². The SMILES string of the molecule is CC[C@H](C)[C@@H](NC(=O)c1cc(S(=O)(=O)N(CC)CC)ccc1Cl)C(=O)OC. The van der Waals surface area contributed by atoms with E-state index in [0.717, 1.165) is 0 Å². The van der Waals surface area contributed by atoms with Crippen LogP contribution in [0, 0.1) is 5.92 Å². The molecule has 0 radical (unpaired) electrons. The Balaban J connectivity index is 3.26. The molecule has 0 heterocycles. The summed E-state index contributed by atoms with van der Waals surface area (Å²) in [5.74, 6) is -1.36. The summed E-state index contributed by atoms with van der Waals surface area (Å²) in [5, 5.41) is 2.70. The van der Waals surface area contributed by atoms with E-state index in [4.69, 9.17) is 16.3 Å². The molecule has 0 aromatic heterocycles. The van der Waals surface area contributed by atoms with Gasteiger partial charge in [-0.2, -0.15) is 4.31 Å². The van der Waals surface area contributed by atoms with E-state index in [0.29, 0.717) is 19.5 Å². The summed E-state index contributed by atoms with van der Waals surface area (Å²) >= 11 is 6.11. The second kappa shape index (κ2) is 10.1. The zero-order chi connectivity index (χ0) is 20.8. The van der Waals surface area contributed by atoms with E-state index in [1.54, 1.807) is 13.8 Å². The van der Waals surface area contributed by atoms with Gasteiger partial charge in [-0.3, -0.25) is 4.79 Å². The molecule has 0 saturated carbocycles. The first-order chi connectivity index (χ1) is 12.6. The molecule has 2 atom stereocenters. The van der Waals surface area contributed by atoms with Crippen LogP contribution in [0.4, 0.5) is 0 Å². The third-order valence-corrected chi connectivity index (χ3v) is 6.86. The molecule has 9 heteroatoms. The first-order valence-electron chi connectivity index (χ1n) is 8.82. The molecule has 0 aliphatic heterocycles. The van der Waals surface area contributed by atoms with Crippen molar-refractivity contribution in [3.63, 3.8) is 0 Å². The van der Waals surface area contributed by atoms with Crippen LogP contribution < -0.4 is 5.32 Å². The number of nitrogens with one attached hydrogen (secondary N) is 1. The highest BCUT2D eigenvalue weighted by Crippen LogP contribution is 2.23. The molecule has 1 rings (SSSR count). The van der Waals surface area contributed by atoms with Crippen LogP contribution in [0.5, 0.6) is 0 Å². The molecule has 152 valence electrons. The zero-order valence-corrected chi connectivity index (χ0v) is 17.9. The second-order valence-corrected chi connectivity index (χ2v) is 8.44. The van der Waals surface area contributed by atoms with Crippen molar-refractivity contribution in [3.05, 3.63) is 28.8 Å². The summed E-state index contributed by atoms with van der Waals surface area (Å²) < 4.78 is 31.4. The Morgan fingerprint density at radius 3 is 2.30 bits per heavy atom. The van der Waals surface area contributed by atoms with Crippen molar-refractivity contribution in [2.24, 2.45) is 5.92 Å². The Hall–Kier alpha value is -1.64. The monoisotopic (exact) mass is 418 g/mol. The number of ether oxygens (including phenoxy) is 1. The van der Waals surface area contributed by atoms with E-state index in [9.17, 15) is 18.0 Å². The smallest absolute Gasteiger partial charge is 0.328 e. The van der Waals surface area contributed by atoms with E-state index in [1.165, 1.54) is 29.6 Å².